The van der Waals surface area contributed by atoms with Gasteiger partial charge in [-0.05, 0) is 35.9 Å². The summed E-state index contributed by atoms with van der Waals surface area (Å²) in [5.41, 5.74) is 1.92. The van der Waals surface area contributed by atoms with Gasteiger partial charge in [-0.15, -0.1) is 0 Å². The molecule has 1 aromatic heterocycles. The Morgan fingerprint density at radius 1 is 0.828 bits per heavy atom. The summed E-state index contributed by atoms with van der Waals surface area (Å²) in [5.74, 6) is -0.158. The molecule has 0 radical (unpaired) electrons. The Morgan fingerprint density at radius 3 is 2.21 bits per heavy atom. The van der Waals surface area contributed by atoms with Crippen LogP contribution in [-0.4, -0.2) is 25.0 Å². The quantitative estimate of drug-likeness (QED) is 0.703. The van der Waals surface area contributed by atoms with E-state index in [-0.39, 0.29) is 28.7 Å². The molecule has 0 saturated carbocycles. The van der Waals surface area contributed by atoms with Crippen LogP contribution in [0.25, 0.3) is 0 Å². The van der Waals surface area contributed by atoms with E-state index in [1.54, 1.807) is 54.6 Å². The number of carbonyl (C=O) groups is 2. The lowest BCUT2D eigenvalue weighted by molar-refractivity contribution is 0.0982. The Bertz CT molecular complexity index is 1230. The number of aromatic nitrogens is 1. The van der Waals surface area contributed by atoms with Gasteiger partial charge in [0, 0.05) is 29.3 Å². The first-order valence-electron chi connectivity index (χ1n) is 8.85. The average molecular weight is 404 g/mol. The summed E-state index contributed by atoms with van der Waals surface area (Å²) in [5, 5.41) is 0. The Hall–Kier alpha value is -3.58. The Labute approximate surface area is 168 Å². The van der Waals surface area contributed by atoms with Crippen LogP contribution >= 0.6 is 0 Å². The molecule has 0 bridgehead atoms. The van der Waals surface area contributed by atoms with E-state index in [1.165, 1.54) is 24.4 Å². The third-order valence-corrected chi connectivity index (χ3v) is 5.94. The zero-order valence-electron chi connectivity index (χ0n) is 15.2. The number of benzene rings is 2. The number of fused-ring (bicyclic) bond motifs is 1. The topological polar surface area (TPSA) is 93.2 Å². The molecule has 29 heavy (non-hydrogen) atoms. The van der Waals surface area contributed by atoms with Gasteiger partial charge >= 0.3 is 0 Å². The lowest BCUT2D eigenvalue weighted by Crippen LogP contribution is -2.18. The fourth-order valence-corrected chi connectivity index (χ4v) is 4.14. The monoisotopic (exact) mass is 404 g/mol. The molecule has 0 unspecified atom stereocenters. The van der Waals surface area contributed by atoms with Crippen LogP contribution in [0.15, 0.2) is 89.5 Å². The minimum absolute atomic E-state index is 0.0808. The van der Waals surface area contributed by atoms with Crippen molar-refractivity contribution in [3.05, 3.63) is 101 Å². The molecule has 0 spiro atoms. The van der Waals surface area contributed by atoms with Crippen molar-refractivity contribution in [2.24, 2.45) is 0 Å². The van der Waals surface area contributed by atoms with Crippen molar-refractivity contribution in [2.75, 3.05) is 4.72 Å². The van der Waals surface area contributed by atoms with Gasteiger partial charge in [0.2, 0.25) is 0 Å². The molecular weight excluding hydrogens is 388 g/mol. The van der Waals surface area contributed by atoms with Gasteiger partial charge < -0.3 is 0 Å². The zero-order chi connectivity index (χ0) is 20.4. The van der Waals surface area contributed by atoms with Crippen molar-refractivity contribution in [3.8, 4) is 0 Å². The summed E-state index contributed by atoms with van der Waals surface area (Å²) in [7, 11) is -3.77. The molecule has 0 atom stereocenters. The first kappa shape index (κ1) is 18.8. The lowest BCUT2D eigenvalue weighted by Gasteiger charge is -2.15. The molecule has 6 nitrogen and oxygen atoms in total. The molecule has 144 valence electrons. The molecule has 0 amide bonds. The largest absolute Gasteiger partial charge is 0.289 e. The Kier molecular flexibility index (Phi) is 4.82. The number of allylic oxidation sites excluding steroid dienone is 2. The summed E-state index contributed by atoms with van der Waals surface area (Å²) >= 11 is 0. The van der Waals surface area contributed by atoms with Gasteiger partial charge in [-0.1, -0.05) is 42.5 Å². The number of nitrogens with one attached hydrogen (secondary N) is 1. The highest BCUT2D eigenvalue weighted by molar-refractivity contribution is 7.92. The molecule has 1 aliphatic rings. The van der Waals surface area contributed by atoms with Gasteiger partial charge in [0.25, 0.3) is 10.0 Å². The number of nitrogens with zero attached hydrogens (tertiary/aromatic N) is 1. The van der Waals surface area contributed by atoms with Crippen molar-refractivity contribution in [3.63, 3.8) is 0 Å². The summed E-state index contributed by atoms with van der Waals surface area (Å²) < 4.78 is 27.4. The van der Waals surface area contributed by atoms with Gasteiger partial charge in [-0.3, -0.25) is 14.3 Å². The molecule has 4 rings (SSSR count). The number of sulfonamides is 1. The second-order valence-electron chi connectivity index (χ2n) is 6.55. The normalized spacial score (nSPS) is 13.6. The SMILES string of the molecule is O=C1C=C(Cc2ccc(S(=O)(=O)Nc3ccccn3)cc2)C(=O)c2ccccc21. The molecule has 1 heterocycles. The Balaban J connectivity index is 1.53. The predicted octanol–water partition coefficient (Wildman–Crippen LogP) is 3.43. The summed E-state index contributed by atoms with van der Waals surface area (Å²) in [4.78, 5) is 29.0. The van der Waals surface area contributed by atoms with Crippen molar-refractivity contribution in [2.45, 2.75) is 11.3 Å². The summed E-state index contributed by atoms with van der Waals surface area (Å²) in [6.45, 7) is 0. The second-order valence-corrected chi connectivity index (χ2v) is 8.23. The number of hydrogen-bond donors (Lipinski definition) is 1. The number of pyridine rings is 1. The molecule has 0 saturated heterocycles. The fraction of sp³-hybridized carbons (Fsp3) is 0.0455. The molecule has 1 aliphatic carbocycles. The number of rotatable bonds is 5. The number of ketones is 2. The van der Waals surface area contributed by atoms with E-state index in [1.807, 2.05) is 0 Å². The van der Waals surface area contributed by atoms with Gasteiger partial charge in [0.15, 0.2) is 11.6 Å². The van der Waals surface area contributed by atoms with Crippen LogP contribution in [0.5, 0.6) is 0 Å². The predicted molar refractivity (Wildman–Crippen MR) is 108 cm³/mol. The van der Waals surface area contributed by atoms with Crippen LogP contribution in [0.4, 0.5) is 5.82 Å². The van der Waals surface area contributed by atoms with E-state index in [0.717, 1.165) is 5.56 Å². The van der Waals surface area contributed by atoms with Crippen LogP contribution in [0.3, 0.4) is 0 Å². The van der Waals surface area contributed by atoms with Crippen molar-refractivity contribution < 1.29 is 18.0 Å². The van der Waals surface area contributed by atoms with Gasteiger partial charge in [-0.25, -0.2) is 13.4 Å². The zero-order valence-corrected chi connectivity index (χ0v) is 16.0. The highest BCUT2D eigenvalue weighted by atomic mass is 32.2. The van der Waals surface area contributed by atoms with Crippen LogP contribution < -0.4 is 4.72 Å². The maximum atomic E-state index is 12.7. The maximum absolute atomic E-state index is 12.7. The van der Waals surface area contributed by atoms with Crippen molar-refractivity contribution >= 4 is 27.4 Å². The van der Waals surface area contributed by atoms with E-state index in [0.29, 0.717) is 16.7 Å². The minimum atomic E-state index is -3.77. The van der Waals surface area contributed by atoms with Gasteiger partial charge in [-0.2, -0.15) is 0 Å². The molecular formula is C22H16N2O4S. The smallest absolute Gasteiger partial charge is 0.263 e. The van der Waals surface area contributed by atoms with Crippen LogP contribution in [0, 0.1) is 0 Å². The molecule has 3 aromatic rings. The number of carbonyl (C=O) groups excluding carboxylic acids is 2. The minimum Gasteiger partial charge on any atom is -0.289 e. The van der Waals surface area contributed by atoms with E-state index in [2.05, 4.69) is 9.71 Å². The van der Waals surface area contributed by atoms with Crippen LogP contribution in [-0.2, 0) is 16.4 Å². The van der Waals surface area contributed by atoms with Crippen LogP contribution in [0.2, 0.25) is 0 Å². The molecule has 1 N–H and O–H groups in total. The maximum Gasteiger partial charge on any atom is 0.263 e. The number of hydrogen-bond acceptors (Lipinski definition) is 5. The molecule has 0 fully saturated rings. The molecule has 2 aromatic carbocycles. The van der Waals surface area contributed by atoms with E-state index >= 15 is 0 Å². The molecule has 0 aliphatic heterocycles. The number of Topliss-reactive ketones (excluding diaryl/α,β-unsaturated/α-hetero) is 1. The van der Waals surface area contributed by atoms with Crippen molar-refractivity contribution in [1.29, 1.82) is 0 Å². The standard InChI is InChI=1S/C22H16N2O4S/c25-20-14-16(22(26)19-6-2-1-5-18(19)20)13-15-8-10-17(11-9-15)29(27,28)24-21-7-3-4-12-23-21/h1-12,14H,13H2,(H,23,24). The third-order valence-electron chi connectivity index (χ3n) is 4.57. The lowest BCUT2D eigenvalue weighted by atomic mass is 9.87. The van der Waals surface area contributed by atoms with Crippen LogP contribution in [0.1, 0.15) is 26.3 Å². The first-order chi connectivity index (χ1) is 13.9. The van der Waals surface area contributed by atoms with E-state index in [4.69, 9.17) is 0 Å². The summed E-state index contributed by atoms with van der Waals surface area (Å²) in [6, 6.07) is 17.8. The van der Waals surface area contributed by atoms with Gasteiger partial charge in [0.05, 0.1) is 4.90 Å². The highest BCUT2D eigenvalue weighted by Gasteiger charge is 2.25. The van der Waals surface area contributed by atoms with Gasteiger partial charge in [0.1, 0.15) is 5.82 Å². The van der Waals surface area contributed by atoms with Crippen molar-refractivity contribution in [1.82, 2.24) is 4.98 Å². The highest BCUT2D eigenvalue weighted by Crippen LogP contribution is 2.24. The third kappa shape index (κ3) is 3.86. The van der Waals surface area contributed by atoms with E-state index < -0.39 is 10.0 Å². The average Bonchev–Trinajstić information content (AvgIpc) is 2.73. The number of anilines is 1. The summed E-state index contributed by atoms with van der Waals surface area (Å²) in [6.07, 6.45) is 3.10. The fourth-order valence-electron chi connectivity index (χ4n) is 3.13. The molecule has 7 heteroatoms. The Morgan fingerprint density at radius 2 is 1.52 bits per heavy atom. The first-order valence-corrected chi connectivity index (χ1v) is 10.3. The van der Waals surface area contributed by atoms with E-state index in [9.17, 15) is 18.0 Å². The second kappa shape index (κ2) is 7.44.